The van der Waals surface area contributed by atoms with E-state index >= 15 is 0 Å². The summed E-state index contributed by atoms with van der Waals surface area (Å²) in [5.74, 6) is 0.212. The summed E-state index contributed by atoms with van der Waals surface area (Å²) in [6.07, 6.45) is 18.8. The molecular formula is C35H53BN2O8. The smallest absolute Gasteiger partial charge is 0.457 e. The van der Waals surface area contributed by atoms with Crippen LogP contribution in [-0.2, 0) is 34.9 Å². The minimum Gasteiger partial charge on any atom is -0.458 e. The molecule has 10 nitrogen and oxygen atoms in total. The van der Waals surface area contributed by atoms with Gasteiger partial charge in [-0.05, 0) is 82.2 Å². The summed E-state index contributed by atoms with van der Waals surface area (Å²) in [6.45, 7) is 4.79. The molecule has 1 aromatic carbocycles. The van der Waals surface area contributed by atoms with Crippen LogP contribution < -0.4 is 5.32 Å². The molecule has 1 heterocycles. The van der Waals surface area contributed by atoms with Gasteiger partial charge in [0, 0.05) is 31.4 Å². The maximum Gasteiger partial charge on any atom is 0.457 e. The lowest BCUT2D eigenvalue weighted by Gasteiger charge is -2.27. The van der Waals surface area contributed by atoms with E-state index < -0.39 is 5.09 Å². The van der Waals surface area contributed by atoms with E-state index in [-0.39, 0.29) is 62.2 Å². The summed E-state index contributed by atoms with van der Waals surface area (Å²) in [4.78, 5) is 39.3. The van der Waals surface area contributed by atoms with Gasteiger partial charge in [0.1, 0.15) is 6.10 Å². The van der Waals surface area contributed by atoms with E-state index in [0.29, 0.717) is 38.6 Å². The molecule has 0 spiro atoms. The van der Waals surface area contributed by atoms with Crippen molar-refractivity contribution in [2.45, 2.75) is 122 Å². The van der Waals surface area contributed by atoms with Crippen molar-refractivity contribution in [3.05, 3.63) is 70.3 Å². The number of carbonyl (C=O) groups is 2. The fraction of sp³-hybridized carbons (Fsp3) is 0.657. The molecule has 2 unspecified atom stereocenters. The van der Waals surface area contributed by atoms with Crippen molar-refractivity contribution in [2.24, 2.45) is 11.8 Å². The number of carbonyl (C=O) groups excluding carboxylic acids is 2. The number of fused-ring (bicyclic) bond motifs is 2. The third-order valence-corrected chi connectivity index (χ3v) is 8.65. The Kier molecular flexibility index (Phi) is 17.5. The van der Waals surface area contributed by atoms with E-state index in [9.17, 15) is 19.7 Å². The van der Waals surface area contributed by atoms with Gasteiger partial charge in [0.05, 0.1) is 12.7 Å². The third kappa shape index (κ3) is 14.1. The molecule has 1 amide bonds. The van der Waals surface area contributed by atoms with Crippen LogP contribution in [0.15, 0.2) is 54.6 Å². The monoisotopic (exact) mass is 640 g/mol. The molecule has 5 atom stereocenters. The lowest BCUT2D eigenvalue weighted by atomic mass is 9.80. The van der Waals surface area contributed by atoms with Gasteiger partial charge < -0.3 is 24.2 Å². The van der Waals surface area contributed by atoms with Gasteiger partial charge in [-0.1, -0.05) is 74.7 Å². The van der Waals surface area contributed by atoms with Gasteiger partial charge in [0.2, 0.25) is 5.91 Å². The van der Waals surface area contributed by atoms with Crippen molar-refractivity contribution in [1.82, 2.24) is 5.32 Å². The zero-order chi connectivity index (χ0) is 33.0. The molecule has 254 valence electrons. The van der Waals surface area contributed by atoms with Crippen LogP contribution in [0.5, 0.6) is 0 Å². The van der Waals surface area contributed by atoms with Gasteiger partial charge in [0.25, 0.3) is 5.09 Å². The lowest BCUT2D eigenvalue weighted by molar-refractivity contribution is -0.757. The second-order valence-corrected chi connectivity index (χ2v) is 12.3. The van der Waals surface area contributed by atoms with Crippen LogP contribution in [0.1, 0.15) is 96.5 Å². The minimum atomic E-state index is -0.795. The molecule has 1 aliphatic heterocycles. The predicted octanol–water partition coefficient (Wildman–Crippen LogP) is 6.82. The average Bonchev–Trinajstić information content (AvgIpc) is 3.28. The molecule has 1 aliphatic carbocycles. The molecule has 46 heavy (non-hydrogen) atoms. The van der Waals surface area contributed by atoms with E-state index in [1.807, 2.05) is 31.2 Å². The predicted molar refractivity (Wildman–Crippen MR) is 178 cm³/mol. The number of nitrogens with zero attached hydrogens (tertiary/aromatic N) is 1. The molecule has 2 fully saturated rings. The highest BCUT2D eigenvalue weighted by molar-refractivity contribution is 6.44. The van der Waals surface area contributed by atoms with Crippen molar-refractivity contribution >= 4 is 19.0 Å². The molecule has 1 saturated carbocycles. The summed E-state index contributed by atoms with van der Waals surface area (Å²) < 4.78 is 18.9. The Morgan fingerprint density at radius 3 is 2.63 bits per heavy atom. The Balaban J connectivity index is 1.64. The second-order valence-electron chi connectivity index (χ2n) is 12.3. The normalized spacial score (nSPS) is 21.5. The number of allylic oxidation sites excluding steroid dienone is 2. The maximum atomic E-state index is 12.8. The number of rotatable bonds is 23. The van der Waals surface area contributed by atoms with E-state index in [1.54, 1.807) is 0 Å². The van der Waals surface area contributed by atoms with Gasteiger partial charge in [-0.3, -0.25) is 9.59 Å². The first-order valence-electron chi connectivity index (χ1n) is 17.3. The zero-order valence-electron chi connectivity index (χ0n) is 27.7. The average molecular weight is 641 g/mol. The highest BCUT2D eigenvalue weighted by Gasteiger charge is 2.49. The van der Waals surface area contributed by atoms with E-state index in [0.717, 1.165) is 51.3 Å². The Morgan fingerprint density at radius 2 is 1.87 bits per heavy atom. The molecule has 1 saturated heterocycles. The molecule has 2 bridgehead atoms. The summed E-state index contributed by atoms with van der Waals surface area (Å²) in [5, 5.41) is 12.4. The molecule has 0 aromatic heterocycles. The number of ether oxygens (including phenoxy) is 1. The number of hydrogen-bond donors (Lipinski definition) is 1. The fourth-order valence-electron chi connectivity index (χ4n) is 6.24. The second kappa shape index (κ2) is 21.6. The first-order valence-corrected chi connectivity index (χ1v) is 17.3. The molecule has 2 aliphatic rings. The fourth-order valence-corrected chi connectivity index (χ4v) is 6.24. The maximum absolute atomic E-state index is 12.8. The number of nitrogens with one attached hydrogen (secondary N) is 1. The van der Waals surface area contributed by atoms with Crippen LogP contribution in [-0.4, -0.2) is 55.5 Å². The number of amides is 1. The van der Waals surface area contributed by atoms with Gasteiger partial charge in [0.15, 0.2) is 0 Å². The van der Waals surface area contributed by atoms with Crippen LogP contribution in [0.3, 0.4) is 0 Å². The van der Waals surface area contributed by atoms with E-state index in [2.05, 4.69) is 47.4 Å². The van der Waals surface area contributed by atoms with Crippen molar-refractivity contribution < 1.29 is 33.6 Å². The SMILES string of the molecule is CCCCB1OC2CC(O1)[C@H](C/C=C\CCCC(=O)NCC)[C@H]2/C=C/[C@H](CCc1ccccc1)OC(=O)CCCCCO[N+](=O)[O-]. The van der Waals surface area contributed by atoms with Crippen LogP contribution in [0.25, 0.3) is 0 Å². The van der Waals surface area contributed by atoms with Crippen molar-refractivity contribution in [3.8, 4) is 0 Å². The summed E-state index contributed by atoms with van der Waals surface area (Å²) >= 11 is 0. The summed E-state index contributed by atoms with van der Waals surface area (Å²) in [5.41, 5.74) is 1.19. The first-order chi connectivity index (χ1) is 22.4. The largest absolute Gasteiger partial charge is 0.458 e. The molecule has 0 radical (unpaired) electrons. The topological polar surface area (TPSA) is 126 Å². The van der Waals surface area contributed by atoms with Crippen LogP contribution in [0.4, 0.5) is 0 Å². The quantitative estimate of drug-likeness (QED) is 0.0345. The molecule has 11 heteroatoms. The number of unbranched alkanes of at least 4 members (excludes halogenated alkanes) is 4. The molecule has 1 N–H and O–H groups in total. The Morgan fingerprint density at radius 1 is 1.07 bits per heavy atom. The molecule has 1 aromatic rings. The van der Waals surface area contributed by atoms with Crippen LogP contribution >= 0.6 is 0 Å². The number of aryl methyl sites for hydroxylation is 1. The van der Waals surface area contributed by atoms with Gasteiger partial charge in [-0.25, -0.2) is 0 Å². The molecular weight excluding hydrogens is 587 g/mol. The summed E-state index contributed by atoms with van der Waals surface area (Å²) in [6, 6.07) is 10.2. The molecule has 3 rings (SSSR count). The van der Waals surface area contributed by atoms with Gasteiger partial charge in [-0.15, -0.1) is 10.1 Å². The van der Waals surface area contributed by atoms with E-state index in [1.165, 1.54) is 5.56 Å². The standard InChI is InChI=1S/C35H53BN2O8/c1-3-5-25-36-45-32-27-33(46-36)31(30(32)18-12-6-7-13-19-34(39)37-4-2)24-23-29(22-21-28-16-10-8-11-17-28)44-35(40)20-14-9-15-26-43-38(41)42/h6,8,10-12,16-17,23-24,29-33H,3-5,7,9,13-15,18-22,25-27H2,1-2H3,(H,37,39)/b12-6-,24-23+/t29-,30+,31+,32?,33?/m0/s1. The number of hydrogen-bond acceptors (Lipinski definition) is 8. The van der Waals surface area contributed by atoms with Crippen LogP contribution in [0, 0.1) is 22.0 Å². The Bertz CT molecular complexity index is 1100. The highest BCUT2D eigenvalue weighted by Crippen LogP contribution is 2.44. The Hall–Kier alpha value is -3.18. The zero-order valence-corrected chi connectivity index (χ0v) is 27.7. The van der Waals surface area contributed by atoms with Crippen molar-refractivity contribution in [3.63, 3.8) is 0 Å². The highest BCUT2D eigenvalue weighted by atomic mass is 16.9. The minimum absolute atomic E-state index is 0.0333. The van der Waals surface area contributed by atoms with Crippen molar-refractivity contribution in [2.75, 3.05) is 13.2 Å². The number of esters is 1. The first kappa shape index (κ1) is 37.3. The Labute approximate surface area is 274 Å². The van der Waals surface area contributed by atoms with Gasteiger partial charge >= 0.3 is 13.1 Å². The lowest BCUT2D eigenvalue weighted by Crippen LogP contribution is -2.37. The van der Waals surface area contributed by atoms with Gasteiger partial charge in [-0.2, -0.15) is 0 Å². The van der Waals surface area contributed by atoms with Crippen molar-refractivity contribution in [1.29, 1.82) is 0 Å². The third-order valence-electron chi connectivity index (χ3n) is 8.65. The summed E-state index contributed by atoms with van der Waals surface area (Å²) in [7, 11) is -0.187. The number of benzene rings is 1. The van der Waals surface area contributed by atoms with Crippen LogP contribution in [0.2, 0.25) is 6.32 Å². The van der Waals surface area contributed by atoms with E-state index in [4.69, 9.17) is 14.0 Å².